The van der Waals surface area contributed by atoms with Gasteiger partial charge in [0, 0.05) is 24.4 Å². The number of ether oxygens (including phenoxy) is 1. The minimum atomic E-state index is -0.658. The van der Waals surface area contributed by atoms with Crippen molar-refractivity contribution in [2.24, 2.45) is 0 Å². The van der Waals surface area contributed by atoms with Crippen molar-refractivity contribution >= 4 is 51.9 Å². The molecule has 0 unspecified atom stereocenters. The Labute approximate surface area is 189 Å². The average Bonchev–Trinajstić information content (AvgIpc) is 2.80. The summed E-state index contributed by atoms with van der Waals surface area (Å²) in [6, 6.07) is 7.76. The number of hydrogen-bond donors (Lipinski definition) is 1. The summed E-state index contributed by atoms with van der Waals surface area (Å²) < 4.78 is 23.1. The number of morpholine rings is 1. The molecule has 0 saturated carbocycles. The van der Waals surface area contributed by atoms with Crippen LogP contribution in [0.25, 0.3) is 11.0 Å². The van der Waals surface area contributed by atoms with Crippen molar-refractivity contribution in [3.8, 4) is 0 Å². The Bertz CT molecular complexity index is 1110. The van der Waals surface area contributed by atoms with Gasteiger partial charge in [-0.25, -0.2) is 9.37 Å². The van der Waals surface area contributed by atoms with E-state index in [2.05, 4.69) is 26.5 Å². The number of aromatic nitrogens is 2. The van der Waals surface area contributed by atoms with E-state index in [1.165, 1.54) is 24.1 Å². The number of hydrogen-bond acceptors (Lipinski definition) is 7. The maximum atomic E-state index is 14.6. The van der Waals surface area contributed by atoms with E-state index in [9.17, 15) is 9.18 Å². The van der Waals surface area contributed by atoms with Gasteiger partial charge in [-0.15, -0.1) is 0 Å². The number of nitrogens with one attached hydrogen (secondary N) is 1. The Morgan fingerprint density at radius 1 is 1.26 bits per heavy atom. The molecule has 3 aromatic rings. The van der Waals surface area contributed by atoms with Gasteiger partial charge in [0.05, 0.1) is 46.7 Å². The van der Waals surface area contributed by atoms with Gasteiger partial charge in [0.1, 0.15) is 11.6 Å². The average molecular weight is 461 g/mol. The fourth-order valence-electron chi connectivity index (χ4n) is 3.30. The molecule has 2 aromatic carbocycles. The fourth-order valence-corrected chi connectivity index (χ4v) is 4.28. The van der Waals surface area contributed by atoms with Gasteiger partial charge in [0.15, 0.2) is 5.78 Å². The second kappa shape index (κ2) is 9.80. The molecule has 9 heteroatoms. The molecule has 1 N–H and O–H groups in total. The minimum absolute atomic E-state index is 0.0712. The summed E-state index contributed by atoms with van der Waals surface area (Å²) in [6.07, 6.45) is 2.70. The summed E-state index contributed by atoms with van der Waals surface area (Å²) in [4.78, 5) is 24.4. The lowest BCUT2D eigenvalue weighted by atomic mass is 10.0. The molecule has 1 fully saturated rings. The zero-order chi connectivity index (χ0) is 21.8. The number of carbonyl (C=O) groups is 1. The predicted octanol–water partition coefficient (Wildman–Crippen LogP) is 4.96. The van der Waals surface area contributed by atoms with Crippen molar-refractivity contribution in [2.45, 2.75) is 13.3 Å². The molecule has 0 radical (unpaired) electrons. The summed E-state index contributed by atoms with van der Waals surface area (Å²) in [6.45, 7) is 4.79. The van der Waals surface area contributed by atoms with Crippen molar-refractivity contribution in [3.05, 3.63) is 58.5 Å². The monoisotopic (exact) mass is 460 g/mol. The standard InChI is InChI=1S/C22H22ClFN4O2S/c1-2-11-31-27-17-6-4-15(24)20(21(17)23)22(29)14-3-5-16-18(12-14)26-19(13-25-16)28-7-9-30-10-8-28/h3-6,12-13,27H,2,7-11H2,1H3. The topological polar surface area (TPSA) is 67.4 Å². The molecule has 4 rings (SSSR count). The second-order valence-electron chi connectivity index (χ2n) is 7.09. The number of ketones is 1. The highest BCUT2D eigenvalue weighted by Gasteiger charge is 2.21. The second-order valence-corrected chi connectivity index (χ2v) is 8.37. The summed E-state index contributed by atoms with van der Waals surface area (Å²) in [5.41, 5.74) is 1.89. The van der Waals surface area contributed by atoms with E-state index >= 15 is 0 Å². The third-order valence-electron chi connectivity index (χ3n) is 4.93. The summed E-state index contributed by atoms with van der Waals surface area (Å²) in [5, 5.41) is 0.0712. The molecule has 162 valence electrons. The number of anilines is 2. The summed E-state index contributed by atoms with van der Waals surface area (Å²) in [7, 11) is 0. The highest BCUT2D eigenvalue weighted by atomic mass is 35.5. The molecule has 1 aliphatic heterocycles. The third-order valence-corrected chi connectivity index (χ3v) is 6.30. The Kier molecular flexibility index (Phi) is 6.89. The van der Waals surface area contributed by atoms with Crippen molar-refractivity contribution < 1.29 is 13.9 Å². The van der Waals surface area contributed by atoms with Crippen LogP contribution < -0.4 is 9.62 Å². The Balaban J connectivity index is 1.66. The quantitative estimate of drug-likeness (QED) is 0.303. The molecular weight excluding hydrogens is 439 g/mol. The zero-order valence-electron chi connectivity index (χ0n) is 17.0. The zero-order valence-corrected chi connectivity index (χ0v) is 18.6. The van der Waals surface area contributed by atoms with Crippen LogP contribution in [0, 0.1) is 5.82 Å². The maximum absolute atomic E-state index is 14.6. The molecule has 0 atom stereocenters. The van der Waals surface area contributed by atoms with Gasteiger partial charge in [0.2, 0.25) is 0 Å². The van der Waals surface area contributed by atoms with Crippen molar-refractivity contribution in [3.63, 3.8) is 0 Å². The molecular formula is C22H22ClFN4O2S. The molecule has 0 amide bonds. The first-order valence-electron chi connectivity index (χ1n) is 10.1. The molecule has 1 saturated heterocycles. The summed E-state index contributed by atoms with van der Waals surface area (Å²) >= 11 is 7.86. The van der Waals surface area contributed by atoms with Gasteiger partial charge >= 0.3 is 0 Å². The lowest BCUT2D eigenvalue weighted by Gasteiger charge is -2.27. The summed E-state index contributed by atoms with van der Waals surface area (Å²) in [5.74, 6) is 0.441. The number of carbonyl (C=O) groups excluding carboxylic acids is 1. The van der Waals surface area contributed by atoms with Crippen LogP contribution in [-0.4, -0.2) is 47.8 Å². The van der Waals surface area contributed by atoms with Crippen molar-refractivity contribution in [1.82, 2.24) is 9.97 Å². The van der Waals surface area contributed by atoms with E-state index in [1.54, 1.807) is 24.4 Å². The Morgan fingerprint density at radius 3 is 2.84 bits per heavy atom. The van der Waals surface area contributed by atoms with E-state index in [0.29, 0.717) is 35.5 Å². The molecule has 0 bridgehead atoms. The van der Waals surface area contributed by atoms with Gasteiger partial charge in [-0.3, -0.25) is 9.78 Å². The van der Waals surface area contributed by atoms with Crippen LogP contribution in [0.2, 0.25) is 5.02 Å². The molecule has 1 aliphatic rings. The van der Waals surface area contributed by atoms with E-state index < -0.39 is 11.6 Å². The molecule has 0 spiro atoms. The predicted molar refractivity (Wildman–Crippen MR) is 124 cm³/mol. The Hall–Kier alpha value is -2.42. The third kappa shape index (κ3) is 4.76. The van der Waals surface area contributed by atoms with Crippen LogP contribution >= 0.6 is 23.5 Å². The number of fused-ring (bicyclic) bond motifs is 1. The van der Waals surface area contributed by atoms with Crippen LogP contribution in [0.1, 0.15) is 29.3 Å². The first-order valence-corrected chi connectivity index (χ1v) is 11.4. The molecule has 1 aromatic heterocycles. The van der Waals surface area contributed by atoms with E-state index in [-0.39, 0.29) is 10.6 Å². The number of nitrogens with zero attached hydrogens (tertiary/aromatic N) is 3. The molecule has 0 aliphatic carbocycles. The molecule has 2 heterocycles. The van der Waals surface area contributed by atoms with Gasteiger partial charge in [-0.1, -0.05) is 30.5 Å². The molecule has 31 heavy (non-hydrogen) atoms. The highest BCUT2D eigenvalue weighted by Crippen LogP contribution is 2.32. The van der Waals surface area contributed by atoms with Crippen LogP contribution in [0.15, 0.2) is 36.5 Å². The van der Waals surface area contributed by atoms with Crippen LogP contribution in [0.5, 0.6) is 0 Å². The highest BCUT2D eigenvalue weighted by molar-refractivity contribution is 8.00. The minimum Gasteiger partial charge on any atom is -0.378 e. The van der Waals surface area contributed by atoms with Crippen LogP contribution in [-0.2, 0) is 4.74 Å². The van der Waals surface area contributed by atoms with Gasteiger partial charge in [0.25, 0.3) is 0 Å². The van der Waals surface area contributed by atoms with Crippen LogP contribution in [0.4, 0.5) is 15.9 Å². The first-order chi connectivity index (χ1) is 15.1. The lowest BCUT2D eigenvalue weighted by molar-refractivity contribution is 0.103. The number of halogens is 2. The maximum Gasteiger partial charge on any atom is 0.197 e. The van der Waals surface area contributed by atoms with E-state index in [1.807, 2.05) is 0 Å². The van der Waals surface area contributed by atoms with E-state index in [0.717, 1.165) is 31.1 Å². The number of rotatable bonds is 7. The van der Waals surface area contributed by atoms with Gasteiger partial charge in [-0.2, -0.15) is 0 Å². The Morgan fingerprint density at radius 2 is 2.06 bits per heavy atom. The molecule has 6 nitrogen and oxygen atoms in total. The first kappa shape index (κ1) is 21.8. The number of benzene rings is 2. The van der Waals surface area contributed by atoms with E-state index in [4.69, 9.17) is 16.3 Å². The van der Waals surface area contributed by atoms with Crippen molar-refractivity contribution in [2.75, 3.05) is 41.7 Å². The normalized spacial score (nSPS) is 14.1. The van der Waals surface area contributed by atoms with Crippen molar-refractivity contribution in [1.29, 1.82) is 0 Å². The van der Waals surface area contributed by atoms with Crippen LogP contribution in [0.3, 0.4) is 0 Å². The van der Waals surface area contributed by atoms with Gasteiger partial charge < -0.3 is 14.4 Å². The largest absolute Gasteiger partial charge is 0.378 e. The SMILES string of the molecule is CCCSNc1ccc(F)c(C(=O)c2ccc3ncc(N4CCOCC4)nc3c2)c1Cl. The smallest absolute Gasteiger partial charge is 0.197 e. The fraction of sp³-hybridized carbons (Fsp3) is 0.318. The lowest BCUT2D eigenvalue weighted by Crippen LogP contribution is -2.36. The van der Waals surface area contributed by atoms with Gasteiger partial charge in [-0.05, 0) is 36.8 Å².